The van der Waals surface area contributed by atoms with E-state index in [0.29, 0.717) is 24.6 Å². The lowest BCUT2D eigenvalue weighted by Gasteiger charge is -2.27. The minimum atomic E-state index is -3.01. The van der Waals surface area contributed by atoms with E-state index in [1.807, 2.05) is 16.9 Å². The summed E-state index contributed by atoms with van der Waals surface area (Å²) in [6.45, 7) is 0. The van der Waals surface area contributed by atoms with Crippen molar-refractivity contribution in [3.8, 4) is 0 Å². The Bertz CT molecular complexity index is 575. The zero-order valence-electron chi connectivity index (χ0n) is 12.4. The summed E-state index contributed by atoms with van der Waals surface area (Å²) in [5, 5.41) is 4.23. The minimum Gasteiger partial charge on any atom is -0.326 e. The highest BCUT2D eigenvalue weighted by Crippen LogP contribution is 2.29. The maximum absolute atomic E-state index is 12.1. The molecule has 2 atom stereocenters. The highest BCUT2D eigenvalue weighted by molar-refractivity contribution is 7.92. The van der Waals surface area contributed by atoms with Crippen molar-refractivity contribution in [3.05, 3.63) is 18.0 Å². The molecule has 2 N–H and O–H groups in total. The van der Waals surface area contributed by atoms with Gasteiger partial charge in [0.1, 0.15) is 0 Å². The normalized spacial score (nSPS) is 27.8. The summed E-state index contributed by atoms with van der Waals surface area (Å²) in [5.74, 6) is 0.294. The number of hydrogen-bond acceptors (Lipinski definition) is 4. The van der Waals surface area contributed by atoms with Crippen LogP contribution in [-0.4, -0.2) is 35.2 Å². The van der Waals surface area contributed by atoms with E-state index in [9.17, 15) is 8.42 Å². The summed E-state index contributed by atoms with van der Waals surface area (Å²) < 4.78 is 26.3. The van der Waals surface area contributed by atoms with Crippen LogP contribution >= 0.6 is 0 Å². The number of sulfone groups is 1. The van der Waals surface area contributed by atoms with Crippen LogP contribution in [0.5, 0.6) is 0 Å². The van der Waals surface area contributed by atoms with E-state index in [1.165, 1.54) is 25.7 Å². The maximum Gasteiger partial charge on any atom is 0.154 e. The monoisotopic (exact) mass is 311 g/mol. The lowest BCUT2D eigenvalue weighted by molar-refractivity contribution is 0.456. The van der Waals surface area contributed by atoms with Gasteiger partial charge in [0, 0.05) is 18.7 Å². The summed E-state index contributed by atoms with van der Waals surface area (Å²) in [7, 11) is -3.01. The Morgan fingerprint density at radius 2 is 1.95 bits per heavy atom. The lowest BCUT2D eigenvalue weighted by atomic mass is 10.0. The van der Waals surface area contributed by atoms with Crippen LogP contribution in [0.25, 0.3) is 0 Å². The highest BCUT2D eigenvalue weighted by atomic mass is 32.2. The van der Waals surface area contributed by atoms with Crippen molar-refractivity contribution in [3.63, 3.8) is 0 Å². The van der Waals surface area contributed by atoms with Gasteiger partial charge in [0.15, 0.2) is 9.84 Å². The van der Waals surface area contributed by atoms with Crippen molar-refractivity contribution in [2.24, 2.45) is 5.73 Å². The number of nitrogens with two attached hydrogens (primary N) is 1. The Kier molecular flexibility index (Phi) is 4.36. The van der Waals surface area contributed by atoms with E-state index in [4.69, 9.17) is 5.73 Å². The van der Waals surface area contributed by atoms with Crippen molar-refractivity contribution < 1.29 is 8.42 Å². The van der Waals surface area contributed by atoms with Gasteiger partial charge in [-0.15, -0.1) is 0 Å². The first-order valence-corrected chi connectivity index (χ1v) is 9.79. The van der Waals surface area contributed by atoms with E-state index < -0.39 is 9.84 Å². The van der Waals surface area contributed by atoms with Gasteiger partial charge in [-0.2, -0.15) is 5.10 Å². The molecule has 0 amide bonds. The quantitative estimate of drug-likeness (QED) is 0.920. The molecule has 0 radical (unpaired) electrons. The highest BCUT2D eigenvalue weighted by Gasteiger charge is 2.34. The van der Waals surface area contributed by atoms with E-state index in [1.54, 1.807) is 0 Å². The molecule has 118 valence electrons. The second-order valence-electron chi connectivity index (χ2n) is 6.49. The van der Waals surface area contributed by atoms with E-state index >= 15 is 0 Å². The van der Waals surface area contributed by atoms with Gasteiger partial charge in [0.2, 0.25) is 0 Å². The molecule has 0 spiro atoms. The summed E-state index contributed by atoms with van der Waals surface area (Å²) >= 11 is 0. The lowest BCUT2D eigenvalue weighted by Crippen LogP contribution is -2.45. The fraction of sp³-hybridized carbons (Fsp3) is 0.800. The van der Waals surface area contributed by atoms with Gasteiger partial charge in [0.05, 0.1) is 22.7 Å². The Morgan fingerprint density at radius 3 is 2.67 bits per heavy atom. The molecule has 1 aliphatic carbocycles. The van der Waals surface area contributed by atoms with Gasteiger partial charge >= 0.3 is 0 Å². The van der Waals surface area contributed by atoms with E-state index in [0.717, 1.165) is 18.5 Å². The van der Waals surface area contributed by atoms with Gasteiger partial charge in [-0.05, 0) is 31.7 Å². The average molecular weight is 311 g/mol. The third kappa shape index (κ3) is 3.31. The van der Waals surface area contributed by atoms with Crippen molar-refractivity contribution in [2.45, 2.75) is 68.7 Å². The maximum atomic E-state index is 12.1. The first-order chi connectivity index (χ1) is 10.1. The molecular weight excluding hydrogens is 286 g/mol. The van der Waals surface area contributed by atoms with Crippen LogP contribution < -0.4 is 5.73 Å². The van der Waals surface area contributed by atoms with Crippen LogP contribution in [0.1, 0.15) is 56.7 Å². The average Bonchev–Trinajstić information content (AvgIpc) is 3.08. The van der Waals surface area contributed by atoms with Crippen LogP contribution in [0.3, 0.4) is 0 Å². The molecule has 1 aliphatic heterocycles. The van der Waals surface area contributed by atoms with Gasteiger partial charge in [-0.25, -0.2) is 8.42 Å². The first-order valence-electron chi connectivity index (χ1n) is 8.07. The predicted octanol–water partition coefficient (Wildman–Crippen LogP) is 1.84. The van der Waals surface area contributed by atoms with Gasteiger partial charge < -0.3 is 5.73 Å². The summed E-state index contributed by atoms with van der Waals surface area (Å²) in [6, 6.07) is 2.18. The smallest absolute Gasteiger partial charge is 0.154 e. The molecule has 1 aromatic heterocycles. The molecule has 0 aromatic carbocycles. The number of rotatable bonds is 4. The van der Waals surface area contributed by atoms with Crippen LogP contribution in [0.15, 0.2) is 12.3 Å². The Hall–Kier alpha value is -0.880. The van der Waals surface area contributed by atoms with Crippen molar-refractivity contribution in [1.29, 1.82) is 0 Å². The van der Waals surface area contributed by atoms with Crippen LogP contribution in [0.2, 0.25) is 0 Å². The first kappa shape index (κ1) is 15.0. The topological polar surface area (TPSA) is 78.0 Å². The fourth-order valence-electron chi connectivity index (χ4n) is 3.69. The number of hydrogen-bond donors (Lipinski definition) is 1. The van der Waals surface area contributed by atoms with Crippen molar-refractivity contribution in [1.82, 2.24) is 9.78 Å². The van der Waals surface area contributed by atoms with E-state index in [2.05, 4.69) is 5.10 Å². The molecule has 1 saturated carbocycles. The zero-order chi connectivity index (χ0) is 14.9. The molecule has 2 unspecified atom stereocenters. The van der Waals surface area contributed by atoms with Gasteiger partial charge in [-0.3, -0.25) is 4.68 Å². The van der Waals surface area contributed by atoms with Crippen molar-refractivity contribution in [2.75, 3.05) is 5.75 Å². The largest absolute Gasteiger partial charge is 0.326 e. The summed E-state index contributed by atoms with van der Waals surface area (Å²) in [5.41, 5.74) is 7.12. The predicted molar refractivity (Wildman–Crippen MR) is 82.8 cm³/mol. The molecule has 2 aliphatic rings. The molecule has 6 heteroatoms. The number of aromatic nitrogens is 2. The van der Waals surface area contributed by atoms with Gasteiger partial charge in [0.25, 0.3) is 0 Å². The number of nitrogens with zero attached hydrogens (tertiary/aromatic N) is 2. The molecule has 21 heavy (non-hydrogen) atoms. The Morgan fingerprint density at radius 1 is 1.24 bits per heavy atom. The van der Waals surface area contributed by atoms with Crippen LogP contribution in [-0.2, 0) is 16.3 Å². The molecule has 1 saturated heterocycles. The van der Waals surface area contributed by atoms with Crippen LogP contribution in [0.4, 0.5) is 0 Å². The third-order valence-electron chi connectivity index (χ3n) is 4.91. The Balaban J connectivity index is 1.65. The standard InChI is InChI=1S/C15H25N3O2S/c16-14(15-7-3-4-10-21(15,19)20)11-12-8-9-18(17-12)13-5-1-2-6-13/h8-9,13-15H,1-7,10-11,16H2. The molecular formula is C15H25N3O2S. The second-order valence-corrected chi connectivity index (χ2v) is 8.83. The molecule has 2 heterocycles. The molecule has 2 fully saturated rings. The van der Waals surface area contributed by atoms with Crippen LogP contribution in [0, 0.1) is 0 Å². The summed E-state index contributed by atoms with van der Waals surface area (Å²) in [6.07, 6.45) is 9.98. The summed E-state index contributed by atoms with van der Waals surface area (Å²) in [4.78, 5) is 0. The molecule has 5 nitrogen and oxygen atoms in total. The SMILES string of the molecule is NC(Cc1ccn(C2CCCC2)n1)C1CCCCS1(=O)=O. The molecule has 0 bridgehead atoms. The van der Waals surface area contributed by atoms with Crippen molar-refractivity contribution >= 4 is 9.84 Å². The zero-order valence-corrected chi connectivity index (χ0v) is 13.3. The van der Waals surface area contributed by atoms with Gasteiger partial charge in [-0.1, -0.05) is 19.3 Å². The second kappa shape index (κ2) is 6.08. The van der Waals surface area contributed by atoms with E-state index in [-0.39, 0.29) is 11.3 Å². The molecule has 1 aromatic rings. The molecule has 3 rings (SSSR count). The minimum absolute atomic E-state index is 0.294. The fourth-order valence-corrected chi connectivity index (χ4v) is 5.76. The third-order valence-corrected chi connectivity index (χ3v) is 7.28. The Labute approximate surface area is 126 Å².